The second-order valence-electron chi connectivity index (χ2n) is 24.4. The van der Waals surface area contributed by atoms with Crippen LogP contribution in [0.25, 0.3) is 0 Å². The minimum absolute atomic E-state index is 0.00691. The number of benzene rings is 2. The molecule has 12 amide bonds. The summed E-state index contributed by atoms with van der Waals surface area (Å²) in [5, 5.41) is 53.0. The molecule has 2 aromatic rings. The molecule has 91 heavy (non-hydrogen) atoms. The van der Waals surface area contributed by atoms with Crippen molar-refractivity contribution in [2.45, 2.75) is 180 Å². The number of carboxylic acids is 1. The number of carbonyl (C=O) groups excluding carboxylic acids is 12. The molecule has 0 bridgehead atoms. The number of aliphatic hydroxyl groups excluding tert-OH is 1. The monoisotopic (exact) mass is 1280 g/mol. The first-order valence-corrected chi connectivity index (χ1v) is 30.9. The van der Waals surface area contributed by atoms with Crippen LogP contribution >= 0.6 is 0 Å². The van der Waals surface area contributed by atoms with Crippen molar-refractivity contribution < 1.29 is 77.6 Å². The zero-order valence-corrected chi connectivity index (χ0v) is 53.1. The van der Waals surface area contributed by atoms with E-state index in [2.05, 4.69) is 47.9 Å². The van der Waals surface area contributed by atoms with Gasteiger partial charge in [0.25, 0.3) is 0 Å². The molecular weight excluding hydrogens is 1180 g/mol. The molecule has 0 radical (unpaired) electrons. The average molecular weight is 1280 g/mol. The van der Waals surface area contributed by atoms with Crippen molar-refractivity contribution in [1.82, 2.24) is 57.7 Å². The lowest BCUT2D eigenvalue weighted by Gasteiger charge is -2.31. The number of nitrogens with one attached hydrogen (secondary N) is 9. The topological polar surface area (TPSA) is 449 Å². The Balaban J connectivity index is 1.41. The van der Waals surface area contributed by atoms with Crippen LogP contribution in [0.5, 0.6) is 5.75 Å². The Labute approximate surface area is 529 Å². The predicted molar refractivity (Wildman–Crippen MR) is 331 cm³/mol. The van der Waals surface area contributed by atoms with Crippen molar-refractivity contribution in [2.24, 2.45) is 35.1 Å². The summed E-state index contributed by atoms with van der Waals surface area (Å²) in [5.74, 6) is -12.1. The summed E-state index contributed by atoms with van der Waals surface area (Å²) in [5.41, 5.74) is 12.8. The van der Waals surface area contributed by atoms with Gasteiger partial charge in [-0.05, 0) is 85.5 Å². The van der Waals surface area contributed by atoms with Crippen molar-refractivity contribution >= 4 is 76.9 Å². The number of rotatable bonds is 35. The van der Waals surface area contributed by atoms with Gasteiger partial charge in [-0.15, -0.1) is 0 Å². The van der Waals surface area contributed by atoms with Crippen molar-refractivity contribution in [3.8, 4) is 5.75 Å². The molecule has 502 valence electrons. The number of aliphatic carboxylic acids is 1. The number of nitrogens with two attached hydrogens (primary N) is 2. The van der Waals surface area contributed by atoms with Gasteiger partial charge < -0.3 is 84.4 Å². The molecule has 11 atom stereocenters. The Morgan fingerprint density at radius 3 is 1.59 bits per heavy atom. The smallest absolute Gasteiger partial charge is 0.326 e. The molecule has 0 saturated carbocycles. The highest BCUT2D eigenvalue weighted by atomic mass is 16.4. The SMILES string of the molecule is CC[C@H](C)[C@H](N)C(=O)N[C@@H](Cc1ccc(O)cc1)C(=O)N[C@@H](CC(C)C)C(=O)NCC(=O)NCC(=O)N1CCC[C@H]1C(=O)N[C@@H](Cc1ccccc1)C(=O)N[C@@H](CO)C(=O)N1CCC[C@H]1C(=O)N[C@@H](CC(N)=O)C(=O)N[C@H](C(=O)N[C@@H](CC(C)C)C(=O)O)C(C)C. The highest BCUT2D eigenvalue weighted by Crippen LogP contribution is 2.22. The summed E-state index contributed by atoms with van der Waals surface area (Å²) in [4.78, 5) is 178. The molecule has 0 aromatic heterocycles. The molecule has 2 saturated heterocycles. The van der Waals surface area contributed by atoms with Crippen molar-refractivity contribution in [3.05, 3.63) is 65.7 Å². The summed E-state index contributed by atoms with van der Waals surface area (Å²) >= 11 is 0. The first-order valence-electron chi connectivity index (χ1n) is 30.9. The molecule has 2 aliphatic rings. The van der Waals surface area contributed by atoms with Gasteiger partial charge in [0, 0.05) is 25.9 Å². The van der Waals surface area contributed by atoms with E-state index in [0.29, 0.717) is 24.0 Å². The Bertz CT molecular complexity index is 2880. The van der Waals surface area contributed by atoms with Crippen LogP contribution in [0.1, 0.15) is 118 Å². The molecule has 16 N–H and O–H groups in total. The number of amides is 12. The van der Waals surface area contributed by atoms with Gasteiger partial charge in [-0.1, -0.05) is 104 Å². The lowest BCUT2D eigenvalue weighted by molar-refractivity contribution is -0.144. The van der Waals surface area contributed by atoms with Gasteiger partial charge in [0.05, 0.1) is 32.2 Å². The molecular formula is C62H93N13O16. The van der Waals surface area contributed by atoms with Crippen LogP contribution in [0.3, 0.4) is 0 Å². The fourth-order valence-corrected chi connectivity index (χ4v) is 10.5. The average Bonchev–Trinajstić information content (AvgIpc) is 1.85. The third-order valence-electron chi connectivity index (χ3n) is 15.8. The summed E-state index contributed by atoms with van der Waals surface area (Å²) in [6.07, 6.45) is 0.771. The Morgan fingerprint density at radius 1 is 0.560 bits per heavy atom. The quantitative estimate of drug-likeness (QED) is 0.0350. The van der Waals surface area contributed by atoms with Crippen molar-refractivity contribution in [3.63, 3.8) is 0 Å². The van der Waals surface area contributed by atoms with Crippen LogP contribution in [0.4, 0.5) is 0 Å². The van der Waals surface area contributed by atoms with Crippen LogP contribution in [0, 0.1) is 23.7 Å². The molecule has 2 aliphatic heterocycles. The summed E-state index contributed by atoms with van der Waals surface area (Å²) in [6.45, 7) is 11.9. The van der Waals surface area contributed by atoms with E-state index in [1.54, 1.807) is 77.1 Å². The number of nitrogens with zero attached hydrogens (tertiary/aromatic N) is 2. The predicted octanol–water partition coefficient (Wildman–Crippen LogP) is -2.14. The Morgan fingerprint density at radius 2 is 1.05 bits per heavy atom. The Kier molecular flexibility index (Phi) is 29.7. The van der Waals surface area contributed by atoms with E-state index in [-0.39, 0.29) is 81.5 Å². The second-order valence-corrected chi connectivity index (χ2v) is 24.4. The van der Waals surface area contributed by atoms with Crippen molar-refractivity contribution in [1.29, 1.82) is 0 Å². The lowest BCUT2D eigenvalue weighted by atomic mass is 9.97. The number of aliphatic hydroxyl groups is 1. The van der Waals surface area contributed by atoms with Crippen LogP contribution in [-0.2, 0) is 75.2 Å². The molecule has 29 nitrogen and oxygen atoms in total. The molecule has 2 aromatic carbocycles. The normalized spacial score (nSPS) is 17.6. The van der Waals surface area contributed by atoms with Crippen LogP contribution < -0.4 is 59.3 Å². The fraction of sp³-hybridized carbons (Fsp3) is 0.597. The van der Waals surface area contributed by atoms with Gasteiger partial charge in [-0.2, -0.15) is 0 Å². The van der Waals surface area contributed by atoms with E-state index >= 15 is 0 Å². The highest BCUT2D eigenvalue weighted by molar-refractivity contribution is 6.00. The number of carbonyl (C=O) groups is 13. The second kappa shape index (κ2) is 36.2. The standard InChI is InChI=1S/C62H93N13O16/c1-9-36(8)51(64)59(87)70-42(28-38-19-21-39(77)22-20-38)54(82)67-40(25-33(2)3)53(81)66-30-49(79)65-31-50(80)74-23-13-17-46(74)57(85)68-41(27-37-15-11-10-12-16-37)55(83)72-45(32-76)61(89)75-24-14-18-47(75)58(86)69-43(29-48(63)78)56(84)73-52(35(6)7)60(88)71-44(62(90)91)26-34(4)5/h10-12,15-16,19-22,33-36,40-47,51-52,76-77H,9,13-14,17-18,23-32,64H2,1-8H3,(H2,63,78)(H,65,79)(H,66,81)(H,67,82)(H,68,85)(H,69,86)(H,70,87)(H,71,88)(H,72,83)(H,73,84)(H,90,91)/t36-,40-,41-,42-,43-,44-,45-,46-,47-,51-,52-/m0/s1. The van der Waals surface area contributed by atoms with E-state index in [1.165, 1.54) is 17.0 Å². The summed E-state index contributed by atoms with van der Waals surface area (Å²) in [7, 11) is 0. The third kappa shape index (κ3) is 23.5. The fourth-order valence-electron chi connectivity index (χ4n) is 10.5. The highest BCUT2D eigenvalue weighted by Gasteiger charge is 2.42. The van der Waals surface area contributed by atoms with Gasteiger partial charge in [0.1, 0.15) is 60.1 Å². The number of phenols is 1. The van der Waals surface area contributed by atoms with Crippen LogP contribution in [0.2, 0.25) is 0 Å². The molecule has 29 heteroatoms. The van der Waals surface area contributed by atoms with Gasteiger partial charge in [-0.3, -0.25) is 57.5 Å². The Hall–Kier alpha value is -8.73. The van der Waals surface area contributed by atoms with E-state index in [1.807, 2.05) is 20.8 Å². The molecule has 4 rings (SSSR count). The number of aromatic hydroxyl groups is 1. The van der Waals surface area contributed by atoms with Gasteiger partial charge in [-0.25, -0.2) is 4.79 Å². The number of primary amides is 1. The number of likely N-dealkylation sites (tertiary alicyclic amines) is 2. The maximum atomic E-state index is 14.3. The first kappa shape index (κ1) is 74.7. The zero-order valence-electron chi connectivity index (χ0n) is 53.1. The number of hydrogen-bond acceptors (Lipinski definition) is 16. The maximum Gasteiger partial charge on any atom is 0.326 e. The zero-order chi connectivity index (χ0) is 67.8. The van der Waals surface area contributed by atoms with Gasteiger partial charge >= 0.3 is 5.97 Å². The number of phenolic OH excluding ortho intramolecular Hbond substituents is 1. The summed E-state index contributed by atoms with van der Waals surface area (Å²) in [6, 6.07) is 1.46. The number of carboxylic acid groups (broad SMARTS) is 1. The van der Waals surface area contributed by atoms with Crippen molar-refractivity contribution in [2.75, 3.05) is 32.8 Å². The molecule has 0 unspecified atom stereocenters. The number of hydrogen-bond donors (Lipinski definition) is 14. The third-order valence-corrected chi connectivity index (χ3v) is 15.8. The van der Waals surface area contributed by atoms with E-state index in [0.717, 1.165) is 4.90 Å². The van der Waals surface area contributed by atoms with E-state index in [9.17, 15) is 77.6 Å². The van der Waals surface area contributed by atoms with E-state index in [4.69, 9.17) is 11.5 Å². The lowest BCUT2D eigenvalue weighted by Crippen LogP contribution is -2.61. The largest absolute Gasteiger partial charge is 0.508 e. The van der Waals surface area contributed by atoms with Crippen LogP contribution in [-0.4, -0.2) is 195 Å². The molecule has 0 spiro atoms. The van der Waals surface area contributed by atoms with Gasteiger partial charge in [0.2, 0.25) is 70.9 Å². The van der Waals surface area contributed by atoms with Gasteiger partial charge in [0.15, 0.2) is 0 Å². The first-order chi connectivity index (χ1) is 42.9. The minimum atomic E-state index is -1.68. The van der Waals surface area contributed by atoms with Crippen LogP contribution in [0.15, 0.2) is 54.6 Å². The summed E-state index contributed by atoms with van der Waals surface area (Å²) < 4.78 is 0. The molecule has 2 fully saturated rings. The molecule has 0 aliphatic carbocycles. The molecule has 2 heterocycles. The maximum absolute atomic E-state index is 14.3. The van der Waals surface area contributed by atoms with E-state index < -0.39 is 169 Å². The minimum Gasteiger partial charge on any atom is -0.508 e.